The van der Waals surface area contributed by atoms with E-state index in [9.17, 15) is 0 Å². The number of aryl methyl sites for hydroxylation is 2. The Morgan fingerprint density at radius 1 is 0.533 bits per heavy atom. The van der Waals surface area contributed by atoms with Crippen LogP contribution in [0, 0.1) is 11.8 Å². The molecule has 1 heterocycles. The van der Waals surface area contributed by atoms with Gasteiger partial charge in [-0.2, -0.15) is 0 Å². The normalized spacial score (nSPS) is 13.2. The average Bonchev–Trinajstić information content (AvgIpc) is 2.82. The molecule has 0 N–H and O–H groups in total. The van der Waals surface area contributed by atoms with E-state index < -0.39 is 0 Å². The Hall–Kier alpha value is -3.63. The summed E-state index contributed by atoms with van der Waals surface area (Å²) in [6.07, 6.45) is 4.13. The van der Waals surface area contributed by atoms with Crippen LogP contribution in [0.15, 0.2) is 78.9 Å². The van der Waals surface area contributed by atoms with E-state index in [1.807, 2.05) is 18.2 Å². The van der Waals surface area contributed by atoms with Crippen molar-refractivity contribution in [2.24, 2.45) is 0 Å². The van der Waals surface area contributed by atoms with Crippen molar-refractivity contribution in [1.82, 2.24) is 4.98 Å². The number of benzene rings is 3. The molecule has 0 spiro atoms. The van der Waals surface area contributed by atoms with Crippen LogP contribution in [0.1, 0.15) is 33.4 Å². The molecule has 0 aliphatic heterocycles. The Bertz CT molecular complexity index is 1260. The number of rotatable bonds is 0. The number of nitrogens with zero attached hydrogens (tertiary/aromatic N) is 1. The summed E-state index contributed by atoms with van der Waals surface area (Å²) in [6.45, 7) is 0. The lowest BCUT2D eigenvalue weighted by atomic mass is 9.80. The van der Waals surface area contributed by atoms with Crippen LogP contribution in [-0.2, 0) is 25.7 Å². The van der Waals surface area contributed by atoms with Crippen molar-refractivity contribution in [2.75, 3.05) is 0 Å². The third-order valence-corrected chi connectivity index (χ3v) is 6.34. The van der Waals surface area contributed by atoms with Gasteiger partial charge in [0.25, 0.3) is 0 Å². The minimum Gasteiger partial charge on any atom is -0.247 e. The second kappa shape index (κ2) is 7.01. The van der Waals surface area contributed by atoms with E-state index in [4.69, 9.17) is 4.98 Å². The highest BCUT2D eigenvalue weighted by Crippen LogP contribution is 2.41. The Balaban J connectivity index is 1.64. The van der Waals surface area contributed by atoms with E-state index in [0.29, 0.717) is 0 Å². The third-order valence-electron chi connectivity index (χ3n) is 6.34. The predicted molar refractivity (Wildman–Crippen MR) is 122 cm³/mol. The molecule has 0 fully saturated rings. The molecule has 0 amide bonds. The lowest BCUT2D eigenvalue weighted by Gasteiger charge is -2.27. The maximum absolute atomic E-state index is 5.28. The summed E-state index contributed by atoms with van der Waals surface area (Å²) in [5.74, 6) is 7.02. The first-order valence-electron chi connectivity index (χ1n) is 10.7. The summed E-state index contributed by atoms with van der Waals surface area (Å²) in [5, 5.41) is 0. The molecule has 1 aromatic heterocycles. The van der Waals surface area contributed by atoms with Crippen LogP contribution in [0.3, 0.4) is 0 Å². The van der Waals surface area contributed by atoms with Crippen molar-refractivity contribution in [1.29, 1.82) is 0 Å². The van der Waals surface area contributed by atoms with Crippen LogP contribution < -0.4 is 0 Å². The maximum atomic E-state index is 5.28. The van der Waals surface area contributed by atoms with Crippen LogP contribution in [0.25, 0.3) is 22.5 Å². The molecular formula is C29H21N. The summed E-state index contributed by atoms with van der Waals surface area (Å²) in [7, 11) is 0. The van der Waals surface area contributed by atoms with E-state index in [0.717, 1.165) is 42.6 Å². The van der Waals surface area contributed by atoms with Crippen molar-refractivity contribution in [3.63, 3.8) is 0 Å². The summed E-state index contributed by atoms with van der Waals surface area (Å²) < 4.78 is 0. The minimum atomic E-state index is 1.01. The largest absolute Gasteiger partial charge is 0.247 e. The van der Waals surface area contributed by atoms with Gasteiger partial charge in [0.05, 0.1) is 11.4 Å². The number of pyridine rings is 1. The Morgan fingerprint density at radius 3 is 1.67 bits per heavy atom. The molecular weight excluding hydrogens is 362 g/mol. The summed E-state index contributed by atoms with van der Waals surface area (Å²) in [4.78, 5) is 5.28. The number of hydrogen-bond acceptors (Lipinski definition) is 1. The van der Waals surface area contributed by atoms with Crippen LogP contribution in [-0.4, -0.2) is 4.98 Å². The molecule has 1 nitrogen and oxygen atoms in total. The average molecular weight is 383 g/mol. The van der Waals surface area contributed by atoms with Gasteiger partial charge in [0, 0.05) is 22.3 Å². The van der Waals surface area contributed by atoms with Gasteiger partial charge in [0.2, 0.25) is 0 Å². The SMILES string of the molecule is C(#Cc1c2c(nc3c1CCc1ccccc1-3)-c1ccccc1CC2)c1ccccc1. The van der Waals surface area contributed by atoms with Crippen LogP contribution in [0.5, 0.6) is 0 Å². The van der Waals surface area contributed by atoms with Gasteiger partial charge in [-0.05, 0) is 60.1 Å². The van der Waals surface area contributed by atoms with E-state index in [1.54, 1.807) is 0 Å². The second-order valence-electron chi connectivity index (χ2n) is 8.07. The van der Waals surface area contributed by atoms with Gasteiger partial charge in [-0.15, -0.1) is 0 Å². The van der Waals surface area contributed by atoms with Gasteiger partial charge in [0.15, 0.2) is 0 Å². The number of aromatic nitrogens is 1. The molecule has 3 aromatic carbocycles. The minimum absolute atomic E-state index is 1.01. The molecule has 6 rings (SSSR count). The molecule has 142 valence electrons. The molecule has 2 aliphatic rings. The zero-order valence-corrected chi connectivity index (χ0v) is 16.8. The molecule has 1 heteroatoms. The summed E-state index contributed by atoms with van der Waals surface area (Å²) >= 11 is 0. The first-order chi connectivity index (χ1) is 14.9. The lowest BCUT2D eigenvalue weighted by molar-refractivity contribution is 0.883. The zero-order chi connectivity index (χ0) is 19.9. The van der Waals surface area contributed by atoms with Crippen LogP contribution >= 0.6 is 0 Å². The van der Waals surface area contributed by atoms with Gasteiger partial charge < -0.3 is 0 Å². The van der Waals surface area contributed by atoms with Gasteiger partial charge in [-0.1, -0.05) is 78.6 Å². The highest BCUT2D eigenvalue weighted by Gasteiger charge is 2.27. The van der Waals surface area contributed by atoms with Crippen molar-refractivity contribution in [2.45, 2.75) is 25.7 Å². The molecule has 0 radical (unpaired) electrons. The number of fused-ring (bicyclic) bond motifs is 6. The zero-order valence-electron chi connectivity index (χ0n) is 16.8. The molecule has 2 aliphatic carbocycles. The Kier molecular flexibility index (Phi) is 4.03. The standard InChI is InChI=1S/C29H21N/c1-2-8-20(9-3-1)14-17-25-26-18-15-21-10-4-6-12-23(21)28(26)30-29-24-13-7-5-11-22(24)16-19-27(25)29/h1-13H,15-16,18-19H2. The molecule has 4 aromatic rings. The fraction of sp³-hybridized carbons (Fsp3) is 0.138. The molecule has 0 saturated heterocycles. The summed E-state index contributed by atoms with van der Waals surface area (Å²) in [5.41, 5.74) is 12.5. The van der Waals surface area contributed by atoms with Gasteiger partial charge in [0.1, 0.15) is 0 Å². The molecule has 0 bridgehead atoms. The fourth-order valence-electron chi connectivity index (χ4n) is 4.86. The molecule has 0 unspecified atom stereocenters. The fourth-order valence-corrected chi connectivity index (χ4v) is 4.86. The van der Waals surface area contributed by atoms with Crippen molar-refractivity contribution >= 4 is 0 Å². The van der Waals surface area contributed by atoms with E-state index in [-0.39, 0.29) is 0 Å². The number of hydrogen-bond donors (Lipinski definition) is 0. The van der Waals surface area contributed by atoms with Gasteiger partial charge in [-0.25, -0.2) is 4.98 Å². The quantitative estimate of drug-likeness (QED) is 0.339. The van der Waals surface area contributed by atoms with E-state index >= 15 is 0 Å². The smallest absolute Gasteiger partial charge is 0.0757 e. The van der Waals surface area contributed by atoms with Crippen LogP contribution in [0.4, 0.5) is 0 Å². The topological polar surface area (TPSA) is 12.9 Å². The van der Waals surface area contributed by atoms with E-state index in [1.165, 1.54) is 38.9 Å². The summed E-state index contributed by atoms with van der Waals surface area (Å²) in [6, 6.07) is 27.7. The second-order valence-corrected chi connectivity index (χ2v) is 8.07. The van der Waals surface area contributed by atoms with Crippen molar-refractivity contribution < 1.29 is 0 Å². The monoisotopic (exact) mass is 383 g/mol. The van der Waals surface area contributed by atoms with Gasteiger partial charge in [-0.3, -0.25) is 0 Å². The Morgan fingerprint density at radius 2 is 1.07 bits per heavy atom. The van der Waals surface area contributed by atoms with Gasteiger partial charge >= 0.3 is 0 Å². The predicted octanol–water partition coefficient (Wildman–Crippen LogP) is 6.01. The first-order valence-corrected chi connectivity index (χ1v) is 10.7. The molecule has 0 atom stereocenters. The Labute approximate surface area is 177 Å². The first kappa shape index (κ1) is 17.2. The molecule has 30 heavy (non-hydrogen) atoms. The third kappa shape index (κ3) is 2.77. The maximum Gasteiger partial charge on any atom is 0.0757 e. The highest BCUT2D eigenvalue weighted by molar-refractivity contribution is 5.81. The van der Waals surface area contributed by atoms with Crippen molar-refractivity contribution in [3.8, 4) is 34.4 Å². The molecule has 0 saturated carbocycles. The lowest BCUT2D eigenvalue weighted by Crippen LogP contribution is -2.15. The van der Waals surface area contributed by atoms with E-state index in [2.05, 4.69) is 72.5 Å². The highest BCUT2D eigenvalue weighted by atomic mass is 14.7. The van der Waals surface area contributed by atoms with Crippen molar-refractivity contribution in [3.05, 3.63) is 112 Å². The van der Waals surface area contributed by atoms with Crippen LogP contribution in [0.2, 0.25) is 0 Å².